The maximum absolute atomic E-state index is 14.0. The first-order valence-corrected chi connectivity index (χ1v) is 18.4. The summed E-state index contributed by atoms with van der Waals surface area (Å²) in [7, 11) is -2.63. The van der Waals surface area contributed by atoms with E-state index in [1.165, 1.54) is 10.4 Å². The van der Waals surface area contributed by atoms with Gasteiger partial charge in [-0.05, 0) is 67.8 Å². The van der Waals surface area contributed by atoms with Crippen LogP contribution in [-0.2, 0) is 18.7 Å². The molecule has 1 N–H and O–H groups in total. The number of rotatable bonds is 15. The summed E-state index contributed by atoms with van der Waals surface area (Å²) in [5.74, 6) is -1.28. The average Bonchev–Trinajstić information content (AvgIpc) is 2.97. The predicted molar refractivity (Wildman–Crippen MR) is 184 cm³/mol. The van der Waals surface area contributed by atoms with Gasteiger partial charge >= 0.3 is 0 Å². The van der Waals surface area contributed by atoms with Gasteiger partial charge in [0, 0.05) is 12.0 Å². The summed E-state index contributed by atoms with van der Waals surface area (Å²) >= 11 is 0. The SMILES string of the molecule is C=CC[C@@H](C(=O)C(C)(C)[C@@H]1CCOC(C)(C)O1)[C@@H](O)[C@@H](C)CCCC(C)O[Si](c1ccccc1)(c1ccccc1)C(C)(C)C. The van der Waals surface area contributed by atoms with Crippen LogP contribution in [0.15, 0.2) is 73.3 Å². The standard InChI is InChI=1S/C38H58O5Si/c1-11-19-32(35(40)37(7,8)33-26-27-41-38(9,10)42-33)34(39)28(2)20-18-21-29(3)43-44(36(4,5)6,30-22-14-12-15-23-30)31-24-16-13-17-25-31/h11-17,22-25,28-29,32-34,39H,1,18-21,26-27H2,2-10H3/t28-,29?,32+,33-,34-/m0/s1. The van der Waals surface area contributed by atoms with Crippen molar-refractivity contribution in [3.63, 3.8) is 0 Å². The van der Waals surface area contributed by atoms with E-state index in [2.05, 4.69) is 102 Å². The zero-order valence-corrected chi connectivity index (χ0v) is 29.8. The van der Waals surface area contributed by atoms with E-state index < -0.39 is 31.5 Å². The van der Waals surface area contributed by atoms with Crippen LogP contribution in [0.1, 0.15) is 94.4 Å². The minimum absolute atomic E-state index is 0.0304. The van der Waals surface area contributed by atoms with Crippen LogP contribution < -0.4 is 10.4 Å². The Bertz CT molecular complexity index is 1150. The number of Topliss-reactive ketones (excluding diaryl/α,β-unsaturated/α-hetero) is 1. The highest BCUT2D eigenvalue weighted by molar-refractivity contribution is 6.99. The molecule has 3 rings (SSSR count). The summed E-state index contributed by atoms with van der Waals surface area (Å²) in [6, 6.07) is 21.5. The van der Waals surface area contributed by atoms with Gasteiger partial charge in [-0.1, -0.05) is 115 Å². The molecule has 5 atom stereocenters. The van der Waals surface area contributed by atoms with E-state index in [0.717, 1.165) is 19.3 Å². The Morgan fingerprint density at radius 1 is 1.02 bits per heavy atom. The number of benzene rings is 2. The largest absolute Gasteiger partial charge is 0.405 e. The third-order valence-electron chi connectivity index (χ3n) is 9.51. The molecule has 1 aliphatic heterocycles. The smallest absolute Gasteiger partial charge is 0.261 e. The van der Waals surface area contributed by atoms with Crippen molar-refractivity contribution in [2.24, 2.45) is 17.3 Å². The zero-order chi connectivity index (χ0) is 32.8. The average molecular weight is 623 g/mol. The Morgan fingerprint density at radius 3 is 2.05 bits per heavy atom. The molecule has 44 heavy (non-hydrogen) atoms. The second-order valence-corrected chi connectivity index (χ2v) is 19.1. The van der Waals surface area contributed by atoms with E-state index in [1.54, 1.807) is 6.08 Å². The number of ketones is 1. The minimum Gasteiger partial charge on any atom is -0.405 e. The van der Waals surface area contributed by atoms with Crippen molar-refractivity contribution < 1.29 is 23.8 Å². The van der Waals surface area contributed by atoms with Gasteiger partial charge in [0.05, 0.1) is 24.2 Å². The lowest BCUT2D eigenvalue weighted by Gasteiger charge is -2.45. The molecule has 0 saturated carbocycles. The molecular weight excluding hydrogens is 564 g/mol. The lowest BCUT2D eigenvalue weighted by molar-refractivity contribution is -0.289. The summed E-state index contributed by atoms with van der Waals surface area (Å²) in [6.07, 6.45) is 4.41. The fourth-order valence-corrected chi connectivity index (χ4v) is 11.7. The van der Waals surface area contributed by atoms with E-state index in [0.29, 0.717) is 19.4 Å². The molecule has 0 amide bonds. The Kier molecular flexibility index (Phi) is 12.4. The molecule has 0 aromatic heterocycles. The van der Waals surface area contributed by atoms with E-state index in [9.17, 15) is 9.90 Å². The number of allylic oxidation sites excluding steroid dienone is 1. The Morgan fingerprint density at radius 2 is 1.57 bits per heavy atom. The zero-order valence-electron chi connectivity index (χ0n) is 28.8. The number of carbonyl (C=O) groups excluding carboxylic acids is 1. The third kappa shape index (κ3) is 8.38. The van der Waals surface area contributed by atoms with Crippen molar-refractivity contribution in [2.45, 2.75) is 124 Å². The van der Waals surface area contributed by atoms with Crippen LogP contribution >= 0.6 is 0 Å². The van der Waals surface area contributed by atoms with Gasteiger partial charge in [-0.15, -0.1) is 6.58 Å². The first-order valence-electron chi connectivity index (χ1n) is 16.5. The van der Waals surface area contributed by atoms with Crippen molar-refractivity contribution >= 4 is 24.5 Å². The Hall–Kier alpha value is -2.09. The van der Waals surface area contributed by atoms with Gasteiger partial charge in [0.1, 0.15) is 5.78 Å². The highest BCUT2D eigenvalue weighted by atomic mass is 28.4. The van der Waals surface area contributed by atoms with Crippen molar-refractivity contribution in [2.75, 3.05) is 6.61 Å². The molecule has 1 unspecified atom stereocenters. The van der Waals surface area contributed by atoms with Crippen LogP contribution in [0.25, 0.3) is 0 Å². The van der Waals surface area contributed by atoms with Crippen molar-refractivity contribution in [3.8, 4) is 0 Å². The summed E-state index contributed by atoms with van der Waals surface area (Å²) in [4.78, 5) is 14.0. The van der Waals surface area contributed by atoms with Crippen LogP contribution in [0.2, 0.25) is 5.04 Å². The molecule has 244 valence electrons. The van der Waals surface area contributed by atoms with E-state index in [-0.39, 0.29) is 28.9 Å². The summed E-state index contributed by atoms with van der Waals surface area (Å²) in [6.45, 7) is 23.3. The number of carbonyl (C=O) groups is 1. The molecule has 0 aliphatic carbocycles. The van der Waals surface area contributed by atoms with Crippen LogP contribution in [0, 0.1) is 17.3 Å². The Balaban J connectivity index is 1.71. The van der Waals surface area contributed by atoms with Gasteiger partial charge in [-0.25, -0.2) is 0 Å². The third-order valence-corrected chi connectivity index (χ3v) is 14.7. The van der Waals surface area contributed by atoms with Crippen LogP contribution in [0.5, 0.6) is 0 Å². The highest BCUT2D eigenvalue weighted by Gasteiger charge is 2.51. The highest BCUT2D eigenvalue weighted by Crippen LogP contribution is 2.40. The number of ether oxygens (including phenoxy) is 2. The van der Waals surface area contributed by atoms with Gasteiger partial charge < -0.3 is 19.0 Å². The predicted octanol–water partition coefficient (Wildman–Crippen LogP) is 7.45. The maximum Gasteiger partial charge on any atom is 0.261 e. The molecule has 6 heteroatoms. The molecule has 0 radical (unpaired) electrons. The molecule has 1 fully saturated rings. The first kappa shape index (κ1) is 36.4. The fourth-order valence-electron chi connectivity index (χ4n) is 6.92. The van der Waals surface area contributed by atoms with Crippen LogP contribution in [0.4, 0.5) is 0 Å². The van der Waals surface area contributed by atoms with E-state index in [1.807, 2.05) is 27.7 Å². The number of hydrogen-bond donors (Lipinski definition) is 1. The van der Waals surface area contributed by atoms with Crippen LogP contribution in [0.3, 0.4) is 0 Å². The molecule has 0 spiro atoms. The first-order chi connectivity index (χ1) is 20.6. The molecule has 0 bridgehead atoms. The summed E-state index contributed by atoms with van der Waals surface area (Å²) < 4.78 is 19.2. The van der Waals surface area contributed by atoms with Crippen molar-refractivity contribution in [3.05, 3.63) is 73.3 Å². The molecule has 1 saturated heterocycles. The maximum atomic E-state index is 14.0. The van der Waals surface area contributed by atoms with Crippen LogP contribution in [-0.4, -0.2) is 49.9 Å². The lowest BCUT2D eigenvalue weighted by atomic mass is 9.71. The second-order valence-electron chi connectivity index (χ2n) is 14.9. The molecule has 2 aromatic carbocycles. The number of aliphatic hydroxyl groups excluding tert-OH is 1. The van der Waals surface area contributed by atoms with Gasteiger partial charge in [0.25, 0.3) is 8.32 Å². The lowest BCUT2D eigenvalue weighted by Crippen LogP contribution is -2.67. The van der Waals surface area contributed by atoms with Crippen molar-refractivity contribution in [1.82, 2.24) is 0 Å². The fraction of sp³-hybridized carbons (Fsp3) is 0.605. The van der Waals surface area contributed by atoms with Gasteiger partial charge in [0.15, 0.2) is 5.79 Å². The molecule has 1 aliphatic rings. The van der Waals surface area contributed by atoms with Crippen molar-refractivity contribution in [1.29, 1.82) is 0 Å². The normalized spacial score (nSPS) is 20.4. The van der Waals surface area contributed by atoms with E-state index >= 15 is 0 Å². The minimum atomic E-state index is -2.63. The number of aliphatic hydroxyl groups is 1. The molecule has 2 aromatic rings. The number of hydrogen-bond acceptors (Lipinski definition) is 5. The second kappa shape index (κ2) is 15.0. The van der Waals surface area contributed by atoms with Gasteiger partial charge in [-0.3, -0.25) is 4.79 Å². The topological polar surface area (TPSA) is 65.0 Å². The molecular formula is C38H58O5Si. The summed E-state index contributed by atoms with van der Waals surface area (Å²) in [5.41, 5.74) is -0.756. The van der Waals surface area contributed by atoms with Gasteiger partial charge in [0.2, 0.25) is 0 Å². The molecule has 5 nitrogen and oxygen atoms in total. The monoisotopic (exact) mass is 622 g/mol. The Labute approximate surface area is 268 Å². The summed E-state index contributed by atoms with van der Waals surface area (Å²) in [5, 5.41) is 14.0. The molecule has 1 heterocycles. The van der Waals surface area contributed by atoms with E-state index in [4.69, 9.17) is 13.9 Å². The quantitative estimate of drug-likeness (QED) is 0.165. The van der Waals surface area contributed by atoms with Gasteiger partial charge in [-0.2, -0.15) is 0 Å².